The van der Waals surface area contributed by atoms with Crippen LogP contribution in [0, 0.1) is 0 Å². The third kappa shape index (κ3) is 3.79. The molecule has 1 aromatic rings. The molecule has 3 heteroatoms. The van der Waals surface area contributed by atoms with Crippen molar-refractivity contribution in [3.05, 3.63) is 30.3 Å². The molecular weight excluding hydrogens is 163 g/mol. The Bertz CT molecular complexity index is 259. The number of benzene rings is 1. The lowest BCUT2D eigenvalue weighted by atomic mass is 9.67. The first kappa shape index (κ1) is 9.84. The first-order valence-corrected chi connectivity index (χ1v) is 4.37. The fourth-order valence-electron chi connectivity index (χ4n) is 1.01. The van der Waals surface area contributed by atoms with Gasteiger partial charge < -0.3 is 4.74 Å². The lowest BCUT2D eigenvalue weighted by Gasteiger charge is -2.00. The van der Waals surface area contributed by atoms with Crippen molar-refractivity contribution in [1.29, 1.82) is 0 Å². The summed E-state index contributed by atoms with van der Waals surface area (Å²) in [6.45, 7) is 2.25. The molecule has 2 nitrogen and oxygen atoms in total. The highest BCUT2D eigenvalue weighted by molar-refractivity contribution is 6.56. The van der Waals surface area contributed by atoms with Gasteiger partial charge in [0.05, 0.1) is 6.61 Å². The predicted octanol–water partition coefficient (Wildman–Crippen LogP) is 0.997. The van der Waals surface area contributed by atoms with E-state index in [1.165, 1.54) is 0 Å². The van der Waals surface area contributed by atoms with Gasteiger partial charge in [-0.3, -0.25) is 4.79 Å². The highest BCUT2D eigenvalue weighted by atomic mass is 16.5. The fourth-order valence-corrected chi connectivity index (χ4v) is 1.01. The van der Waals surface area contributed by atoms with Crippen LogP contribution >= 0.6 is 0 Å². The lowest BCUT2D eigenvalue weighted by Crippen LogP contribution is -2.17. The van der Waals surface area contributed by atoms with Crippen LogP contribution in [0.25, 0.3) is 0 Å². The molecule has 0 amide bonds. The Morgan fingerprint density at radius 3 is 2.69 bits per heavy atom. The summed E-state index contributed by atoms with van der Waals surface area (Å²) in [5.74, 6) is -0.175. The summed E-state index contributed by atoms with van der Waals surface area (Å²) >= 11 is 0. The summed E-state index contributed by atoms with van der Waals surface area (Å²) in [6, 6.07) is 9.74. The molecular formula is C10H12BO2. The second-order valence-electron chi connectivity index (χ2n) is 2.62. The highest BCUT2D eigenvalue weighted by Gasteiger charge is 2.02. The molecule has 0 spiro atoms. The summed E-state index contributed by atoms with van der Waals surface area (Å²) < 4.78 is 4.79. The molecule has 0 aromatic heterocycles. The standard InChI is InChI=1S/C10H12BO2/c1-2-13-10(12)8-11-9-6-4-3-5-7-9/h3-7H,2,8H2,1H3. The van der Waals surface area contributed by atoms with Crippen LogP contribution in [0.4, 0.5) is 0 Å². The van der Waals surface area contributed by atoms with Gasteiger partial charge >= 0.3 is 0 Å². The topological polar surface area (TPSA) is 26.3 Å². The molecule has 0 N–H and O–H groups in total. The third-order valence-corrected chi connectivity index (χ3v) is 1.61. The molecule has 67 valence electrons. The summed E-state index contributed by atoms with van der Waals surface area (Å²) in [6.07, 6.45) is 0.345. The number of hydrogen-bond acceptors (Lipinski definition) is 2. The van der Waals surface area contributed by atoms with Gasteiger partial charge in [0.15, 0.2) is 7.28 Å². The van der Waals surface area contributed by atoms with Crippen molar-refractivity contribution in [2.45, 2.75) is 13.2 Å². The van der Waals surface area contributed by atoms with Crippen molar-refractivity contribution in [1.82, 2.24) is 0 Å². The summed E-state index contributed by atoms with van der Waals surface area (Å²) in [7, 11) is 1.86. The number of esters is 1. The molecule has 0 unspecified atom stereocenters. The normalized spacial score (nSPS) is 9.31. The van der Waals surface area contributed by atoms with Crippen LogP contribution in [-0.2, 0) is 9.53 Å². The molecule has 0 aliphatic rings. The quantitative estimate of drug-likeness (QED) is 0.504. The maximum atomic E-state index is 11.0. The van der Waals surface area contributed by atoms with Crippen LogP contribution in [0.15, 0.2) is 30.3 Å². The monoisotopic (exact) mass is 175 g/mol. The Morgan fingerprint density at radius 1 is 1.38 bits per heavy atom. The zero-order valence-corrected chi connectivity index (χ0v) is 7.69. The third-order valence-electron chi connectivity index (χ3n) is 1.61. The molecule has 0 aliphatic carbocycles. The van der Waals surface area contributed by atoms with Crippen molar-refractivity contribution in [2.75, 3.05) is 6.61 Å². The van der Waals surface area contributed by atoms with Crippen LogP contribution < -0.4 is 5.46 Å². The number of carbonyl (C=O) groups is 1. The molecule has 1 rings (SSSR count). The van der Waals surface area contributed by atoms with E-state index in [4.69, 9.17) is 4.74 Å². The molecule has 1 radical (unpaired) electrons. The van der Waals surface area contributed by atoms with E-state index < -0.39 is 0 Å². The van der Waals surface area contributed by atoms with Crippen LogP contribution in [0.3, 0.4) is 0 Å². The van der Waals surface area contributed by atoms with E-state index in [0.29, 0.717) is 12.9 Å². The summed E-state index contributed by atoms with van der Waals surface area (Å²) in [5, 5.41) is 0. The molecule has 0 fully saturated rings. The molecule has 0 heterocycles. The van der Waals surface area contributed by atoms with Gasteiger partial charge in [-0.05, 0) is 6.92 Å². The molecule has 0 bridgehead atoms. The SMILES string of the molecule is CCOC(=O)C[B]c1ccccc1. The zero-order chi connectivity index (χ0) is 9.52. The van der Waals surface area contributed by atoms with Gasteiger partial charge in [-0.2, -0.15) is 0 Å². The minimum absolute atomic E-state index is 0.175. The van der Waals surface area contributed by atoms with Crippen molar-refractivity contribution in [3.63, 3.8) is 0 Å². The van der Waals surface area contributed by atoms with E-state index in [1.54, 1.807) is 6.92 Å². The fraction of sp³-hybridized carbons (Fsp3) is 0.300. The summed E-state index contributed by atoms with van der Waals surface area (Å²) in [4.78, 5) is 11.0. The number of rotatable bonds is 4. The lowest BCUT2D eigenvalue weighted by molar-refractivity contribution is -0.140. The molecule has 0 saturated heterocycles. The Labute approximate surface area is 79.2 Å². The maximum Gasteiger partial charge on any atom is 0.298 e. The number of carbonyl (C=O) groups excluding carboxylic acids is 1. The van der Waals surface area contributed by atoms with Crippen molar-refractivity contribution in [2.24, 2.45) is 0 Å². The van der Waals surface area contributed by atoms with E-state index in [0.717, 1.165) is 5.46 Å². The first-order chi connectivity index (χ1) is 6.33. The van der Waals surface area contributed by atoms with Gasteiger partial charge in [-0.1, -0.05) is 35.8 Å². The minimum Gasteiger partial charge on any atom is -0.466 e. The smallest absolute Gasteiger partial charge is 0.298 e. The second-order valence-corrected chi connectivity index (χ2v) is 2.62. The predicted molar refractivity (Wildman–Crippen MR) is 53.3 cm³/mol. The first-order valence-electron chi connectivity index (χ1n) is 4.37. The van der Waals surface area contributed by atoms with Gasteiger partial charge in [-0.15, -0.1) is 0 Å². The molecule has 13 heavy (non-hydrogen) atoms. The van der Waals surface area contributed by atoms with Gasteiger partial charge in [0.2, 0.25) is 0 Å². The van der Waals surface area contributed by atoms with Gasteiger partial charge in [0.25, 0.3) is 5.97 Å². The Hall–Kier alpha value is -1.25. The van der Waals surface area contributed by atoms with E-state index >= 15 is 0 Å². The highest BCUT2D eigenvalue weighted by Crippen LogP contribution is 1.88. The number of ether oxygens (including phenoxy) is 1. The van der Waals surface area contributed by atoms with E-state index in [1.807, 2.05) is 37.6 Å². The Balaban J connectivity index is 2.31. The summed E-state index contributed by atoms with van der Waals surface area (Å²) in [5.41, 5.74) is 1.05. The Kier molecular flexibility index (Phi) is 4.09. The maximum absolute atomic E-state index is 11.0. The Morgan fingerprint density at radius 2 is 2.08 bits per heavy atom. The average molecular weight is 175 g/mol. The molecule has 0 aliphatic heterocycles. The molecule has 0 saturated carbocycles. The molecule has 0 atom stereocenters. The van der Waals surface area contributed by atoms with Crippen LogP contribution in [0.5, 0.6) is 0 Å². The van der Waals surface area contributed by atoms with Crippen molar-refractivity contribution < 1.29 is 9.53 Å². The van der Waals surface area contributed by atoms with Gasteiger partial charge in [0, 0.05) is 6.32 Å². The second kappa shape index (κ2) is 5.41. The molecule has 1 aromatic carbocycles. The minimum atomic E-state index is -0.175. The van der Waals surface area contributed by atoms with E-state index in [9.17, 15) is 4.79 Å². The van der Waals surface area contributed by atoms with E-state index in [-0.39, 0.29) is 5.97 Å². The zero-order valence-electron chi connectivity index (χ0n) is 7.69. The van der Waals surface area contributed by atoms with E-state index in [2.05, 4.69) is 0 Å². The van der Waals surface area contributed by atoms with Crippen LogP contribution in [-0.4, -0.2) is 19.9 Å². The van der Waals surface area contributed by atoms with Crippen molar-refractivity contribution >= 4 is 18.7 Å². The average Bonchev–Trinajstić information content (AvgIpc) is 2.17. The number of hydrogen-bond donors (Lipinski definition) is 0. The largest absolute Gasteiger partial charge is 0.466 e. The van der Waals surface area contributed by atoms with Crippen LogP contribution in [0.1, 0.15) is 6.92 Å². The van der Waals surface area contributed by atoms with Crippen LogP contribution in [0.2, 0.25) is 6.32 Å². The van der Waals surface area contributed by atoms with Gasteiger partial charge in [0.1, 0.15) is 0 Å². The van der Waals surface area contributed by atoms with Crippen molar-refractivity contribution in [3.8, 4) is 0 Å². The van der Waals surface area contributed by atoms with Gasteiger partial charge in [-0.25, -0.2) is 0 Å².